The number of carbonyl (C=O) groups excluding carboxylic acids is 1. The van der Waals surface area contributed by atoms with Gasteiger partial charge in [0.05, 0.1) is 24.0 Å². The van der Waals surface area contributed by atoms with E-state index in [9.17, 15) is 9.59 Å². The van der Waals surface area contributed by atoms with Crippen molar-refractivity contribution < 1.29 is 9.53 Å². The number of carbonyl (C=O) groups is 1. The van der Waals surface area contributed by atoms with Gasteiger partial charge in [0.1, 0.15) is 0 Å². The monoisotopic (exact) mass is 473 g/mol. The molecule has 0 saturated carbocycles. The molecule has 1 fully saturated rings. The van der Waals surface area contributed by atoms with Crippen LogP contribution in [0.15, 0.2) is 27.5 Å². The Kier molecular flexibility index (Phi) is 6.82. The SMILES string of the molecule is CC(=O)N(c1nc(CSc2n[nH]c(=O)n2CC2CCCO2)cs1)c1c(C)cc(C)cc1C. The molecule has 0 bridgehead atoms. The van der Waals surface area contributed by atoms with E-state index in [0.29, 0.717) is 22.6 Å². The van der Waals surface area contributed by atoms with Crippen molar-refractivity contribution in [3.63, 3.8) is 0 Å². The lowest BCUT2D eigenvalue weighted by atomic mass is 10.0. The van der Waals surface area contributed by atoms with E-state index >= 15 is 0 Å². The fourth-order valence-electron chi connectivity index (χ4n) is 4.08. The number of ether oxygens (including phenoxy) is 1. The molecule has 1 N–H and O–H groups in total. The van der Waals surface area contributed by atoms with E-state index in [1.807, 2.05) is 26.2 Å². The smallest absolute Gasteiger partial charge is 0.344 e. The highest BCUT2D eigenvalue weighted by Crippen LogP contribution is 2.35. The van der Waals surface area contributed by atoms with Gasteiger partial charge < -0.3 is 4.74 Å². The van der Waals surface area contributed by atoms with Crippen LogP contribution in [0.5, 0.6) is 0 Å². The Hall–Kier alpha value is -2.43. The first-order valence-corrected chi connectivity index (χ1v) is 12.4. The summed E-state index contributed by atoms with van der Waals surface area (Å²) in [4.78, 5) is 31.1. The van der Waals surface area contributed by atoms with Gasteiger partial charge in [-0.05, 0) is 44.7 Å². The van der Waals surface area contributed by atoms with E-state index in [2.05, 4.69) is 22.3 Å². The van der Waals surface area contributed by atoms with E-state index in [1.54, 1.807) is 16.4 Å². The van der Waals surface area contributed by atoms with Crippen LogP contribution in [-0.4, -0.2) is 38.4 Å². The van der Waals surface area contributed by atoms with Gasteiger partial charge in [-0.3, -0.25) is 14.3 Å². The van der Waals surface area contributed by atoms with Gasteiger partial charge in [-0.1, -0.05) is 29.5 Å². The minimum atomic E-state index is -0.227. The van der Waals surface area contributed by atoms with Gasteiger partial charge >= 0.3 is 5.69 Å². The summed E-state index contributed by atoms with van der Waals surface area (Å²) in [6, 6.07) is 4.15. The van der Waals surface area contributed by atoms with Crippen molar-refractivity contribution in [2.75, 3.05) is 11.5 Å². The molecule has 1 aliphatic rings. The van der Waals surface area contributed by atoms with Crippen LogP contribution in [0, 0.1) is 20.8 Å². The summed E-state index contributed by atoms with van der Waals surface area (Å²) in [5.41, 5.74) is 4.74. The second-order valence-electron chi connectivity index (χ2n) is 8.07. The van der Waals surface area contributed by atoms with Crippen LogP contribution in [0.2, 0.25) is 0 Å². The van der Waals surface area contributed by atoms with E-state index in [1.165, 1.54) is 23.1 Å². The third kappa shape index (κ3) is 4.82. The number of rotatable bonds is 7. The van der Waals surface area contributed by atoms with Crippen LogP contribution < -0.4 is 10.6 Å². The van der Waals surface area contributed by atoms with E-state index in [0.717, 1.165) is 47.5 Å². The van der Waals surface area contributed by atoms with Gasteiger partial charge in [-0.25, -0.2) is 14.9 Å². The van der Waals surface area contributed by atoms with Crippen LogP contribution in [0.4, 0.5) is 10.8 Å². The Morgan fingerprint density at radius 2 is 2.09 bits per heavy atom. The molecule has 170 valence electrons. The summed E-state index contributed by atoms with van der Waals surface area (Å²) in [5, 5.41) is 9.91. The molecule has 3 aromatic rings. The molecule has 3 heterocycles. The Morgan fingerprint density at radius 1 is 1.34 bits per heavy atom. The number of aromatic amines is 1. The molecule has 1 atom stereocenters. The number of amides is 1. The first-order chi connectivity index (χ1) is 15.3. The average Bonchev–Trinajstić information content (AvgIpc) is 3.46. The number of aromatic nitrogens is 4. The number of hydrogen-bond donors (Lipinski definition) is 1. The molecule has 4 rings (SSSR count). The standard InChI is InChI=1S/C22H27N5O3S2/c1-13-8-14(2)19(15(3)9-13)27(16(4)28)21-23-17(11-31-21)12-32-22-25-24-20(29)26(22)10-18-6-5-7-30-18/h8-9,11,18H,5-7,10,12H2,1-4H3,(H,24,29). The maximum Gasteiger partial charge on any atom is 0.344 e. The van der Waals surface area contributed by atoms with Crippen molar-refractivity contribution in [3.8, 4) is 0 Å². The first kappa shape index (κ1) is 22.8. The molecule has 0 spiro atoms. The number of benzene rings is 1. The number of hydrogen-bond acceptors (Lipinski definition) is 7. The Bertz CT molecular complexity index is 1150. The molecule has 32 heavy (non-hydrogen) atoms. The largest absolute Gasteiger partial charge is 0.376 e. The third-order valence-corrected chi connectivity index (χ3v) is 7.27. The second-order valence-corrected chi connectivity index (χ2v) is 9.85. The summed E-state index contributed by atoms with van der Waals surface area (Å²) in [5.74, 6) is 0.468. The van der Waals surface area contributed by atoms with Crippen LogP contribution >= 0.6 is 23.1 Å². The van der Waals surface area contributed by atoms with Gasteiger partial charge in [-0.15, -0.1) is 16.4 Å². The maximum atomic E-state index is 12.6. The summed E-state index contributed by atoms with van der Waals surface area (Å²) >= 11 is 2.88. The molecule has 1 aromatic carbocycles. The van der Waals surface area contributed by atoms with Crippen molar-refractivity contribution in [1.29, 1.82) is 0 Å². The minimum absolute atomic E-state index is 0.0561. The highest BCUT2D eigenvalue weighted by Gasteiger charge is 2.23. The fraction of sp³-hybridized carbons (Fsp3) is 0.455. The predicted molar refractivity (Wildman–Crippen MR) is 127 cm³/mol. The number of thioether (sulfide) groups is 1. The van der Waals surface area contributed by atoms with Crippen molar-refractivity contribution in [1.82, 2.24) is 19.7 Å². The maximum absolute atomic E-state index is 12.6. The van der Waals surface area contributed by atoms with Crippen LogP contribution in [-0.2, 0) is 21.8 Å². The second kappa shape index (κ2) is 9.60. The molecule has 0 radical (unpaired) electrons. The molecule has 8 nitrogen and oxygen atoms in total. The molecule has 1 saturated heterocycles. The van der Waals surface area contributed by atoms with Crippen molar-refractivity contribution in [2.24, 2.45) is 0 Å². The molecule has 10 heteroatoms. The number of aryl methyl sites for hydroxylation is 3. The van der Waals surface area contributed by atoms with Gasteiger partial charge in [0.25, 0.3) is 0 Å². The van der Waals surface area contributed by atoms with Gasteiger partial charge in [0.15, 0.2) is 10.3 Å². The van der Waals surface area contributed by atoms with Crippen molar-refractivity contribution >= 4 is 39.8 Å². The predicted octanol–water partition coefficient (Wildman–Crippen LogP) is 4.11. The lowest BCUT2D eigenvalue weighted by molar-refractivity contribution is -0.115. The third-order valence-electron chi connectivity index (χ3n) is 5.39. The highest BCUT2D eigenvalue weighted by atomic mass is 32.2. The van der Waals surface area contributed by atoms with E-state index in [-0.39, 0.29) is 17.7 Å². The number of thiazole rings is 1. The lowest BCUT2D eigenvalue weighted by Crippen LogP contribution is -2.25. The summed E-state index contributed by atoms with van der Waals surface area (Å²) in [6.45, 7) is 8.88. The Balaban J connectivity index is 1.52. The van der Waals surface area contributed by atoms with Crippen molar-refractivity contribution in [2.45, 2.75) is 64.1 Å². The topological polar surface area (TPSA) is 93.1 Å². The summed E-state index contributed by atoms with van der Waals surface area (Å²) < 4.78 is 7.29. The van der Waals surface area contributed by atoms with Gasteiger partial charge in [-0.2, -0.15) is 0 Å². The molecule has 2 aromatic heterocycles. The van der Waals surface area contributed by atoms with Gasteiger partial charge in [0.2, 0.25) is 5.91 Å². The quantitative estimate of drug-likeness (QED) is 0.519. The van der Waals surface area contributed by atoms with Crippen LogP contribution in [0.25, 0.3) is 0 Å². The first-order valence-electron chi connectivity index (χ1n) is 10.6. The van der Waals surface area contributed by atoms with E-state index < -0.39 is 0 Å². The molecule has 1 aliphatic heterocycles. The fourth-order valence-corrected chi connectivity index (χ4v) is 5.91. The zero-order chi connectivity index (χ0) is 22.8. The van der Waals surface area contributed by atoms with Crippen molar-refractivity contribution in [3.05, 3.63) is 50.4 Å². The van der Waals surface area contributed by atoms with Crippen LogP contribution in [0.1, 0.15) is 42.1 Å². The van der Waals surface area contributed by atoms with Gasteiger partial charge in [0, 0.05) is 24.7 Å². The highest BCUT2D eigenvalue weighted by molar-refractivity contribution is 7.98. The number of nitrogens with one attached hydrogen (secondary N) is 1. The summed E-state index contributed by atoms with van der Waals surface area (Å²) in [6.07, 6.45) is 2.03. The molecule has 1 amide bonds. The normalized spacial score (nSPS) is 15.9. The Morgan fingerprint density at radius 3 is 2.75 bits per heavy atom. The van der Waals surface area contributed by atoms with Crippen LogP contribution in [0.3, 0.4) is 0 Å². The average molecular weight is 474 g/mol. The minimum Gasteiger partial charge on any atom is -0.376 e. The van der Waals surface area contributed by atoms with E-state index in [4.69, 9.17) is 9.72 Å². The molecular formula is C22H27N5O3S2. The summed E-state index contributed by atoms with van der Waals surface area (Å²) in [7, 11) is 0. The zero-order valence-electron chi connectivity index (χ0n) is 18.7. The molecule has 0 aliphatic carbocycles. The number of nitrogens with zero attached hydrogens (tertiary/aromatic N) is 4. The molecule has 1 unspecified atom stereocenters. The zero-order valence-corrected chi connectivity index (χ0v) is 20.3. The lowest BCUT2D eigenvalue weighted by Gasteiger charge is -2.23. The number of anilines is 2. The number of H-pyrrole nitrogens is 1. The Labute approximate surface area is 195 Å². The molecular weight excluding hydrogens is 446 g/mol.